The van der Waals surface area contributed by atoms with Crippen molar-refractivity contribution in [2.24, 2.45) is 5.92 Å². The number of fused-ring (bicyclic) bond motifs is 1. The summed E-state index contributed by atoms with van der Waals surface area (Å²) in [6.45, 7) is 2.07. The summed E-state index contributed by atoms with van der Waals surface area (Å²) in [7, 11) is 0. The number of aromatic amines is 1. The molecule has 1 aliphatic rings. The van der Waals surface area contributed by atoms with Gasteiger partial charge in [-0.1, -0.05) is 19.8 Å². The molecule has 1 aliphatic carbocycles. The van der Waals surface area contributed by atoms with Gasteiger partial charge in [0.1, 0.15) is 5.82 Å². The summed E-state index contributed by atoms with van der Waals surface area (Å²) in [5, 5.41) is 0. The Kier molecular flexibility index (Phi) is 2.90. The van der Waals surface area contributed by atoms with E-state index in [-0.39, 0.29) is 5.92 Å². The Hall–Kier alpha value is -1.64. The van der Waals surface area contributed by atoms with Gasteiger partial charge in [-0.2, -0.15) is 0 Å². The van der Waals surface area contributed by atoms with Crippen LogP contribution in [0.15, 0.2) is 18.2 Å². The maximum atomic E-state index is 12.3. The highest BCUT2D eigenvalue weighted by molar-refractivity contribution is 6.00. The Morgan fingerprint density at radius 2 is 2.17 bits per heavy atom. The van der Waals surface area contributed by atoms with E-state index >= 15 is 0 Å². The molecule has 0 unspecified atom stereocenters. The van der Waals surface area contributed by atoms with Crippen molar-refractivity contribution in [1.29, 1.82) is 0 Å². The van der Waals surface area contributed by atoms with Crippen molar-refractivity contribution < 1.29 is 4.79 Å². The van der Waals surface area contributed by atoms with Crippen molar-refractivity contribution in [3.05, 3.63) is 29.6 Å². The molecule has 1 fully saturated rings. The van der Waals surface area contributed by atoms with Gasteiger partial charge in [-0.25, -0.2) is 4.98 Å². The van der Waals surface area contributed by atoms with Crippen LogP contribution in [0.3, 0.4) is 0 Å². The second kappa shape index (κ2) is 4.56. The molecule has 0 radical (unpaired) electrons. The van der Waals surface area contributed by atoms with E-state index in [1.807, 2.05) is 18.2 Å². The second-order valence-electron chi connectivity index (χ2n) is 5.11. The van der Waals surface area contributed by atoms with E-state index in [1.54, 1.807) is 0 Å². The van der Waals surface area contributed by atoms with Crippen molar-refractivity contribution in [3.8, 4) is 0 Å². The zero-order valence-electron chi connectivity index (χ0n) is 10.7. The van der Waals surface area contributed by atoms with Gasteiger partial charge in [-0.3, -0.25) is 4.79 Å². The Balaban J connectivity index is 1.94. The summed E-state index contributed by atoms with van der Waals surface area (Å²) in [4.78, 5) is 20.1. The number of benzene rings is 1. The van der Waals surface area contributed by atoms with Crippen LogP contribution in [0, 0.1) is 5.92 Å². The lowest BCUT2D eigenvalue weighted by molar-refractivity contribution is 0.0923. The maximum Gasteiger partial charge on any atom is 0.166 e. The average Bonchev–Trinajstić information content (AvgIpc) is 3.05. The first-order valence-corrected chi connectivity index (χ1v) is 6.81. The maximum absolute atomic E-state index is 12.3. The van der Waals surface area contributed by atoms with E-state index in [0.717, 1.165) is 41.7 Å². The number of ketones is 1. The van der Waals surface area contributed by atoms with Crippen LogP contribution in [0.25, 0.3) is 11.0 Å². The monoisotopic (exact) mass is 242 g/mol. The molecule has 0 bridgehead atoms. The molecule has 1 N–H and O–H groups in total. The van der Waals surface area contributed by atoms with Crippen molar-refractivity contribution >= 4 is 16.8 Å². The lowest BCUT2D eigenvalue weighted by Crippen LogP contribution is -2.10. The summed E-state index contributed by atoms with van der Waals surface area (Å²) in [6, 6.07) is 5.83. The number of rotatable bonds is 3. The number of hydrogen-bond donors (Lipinski definition) is 1. The number of H-pyrrole nitrogens is 1. The molecule has 1 heterocycles. The molecule has 0 saturated heterocycles. The lowest BCUT2D eigenvalue weighted by atomic mass is 9.96. The van der Waals surface area contributed by atoms with E-state index in [2.05, 4.69) is 16.9 Å². The smallest absolute Gasteiger partial charge is 0.166 e. The Bertz CT molecular complexity index is 579. The van der Waals surface area contributed by atoms with Gasteiger partial charge >= 0.3 is 0 Å². The van der Waals surface area contributed by atoms with Crippen LogP contribution < -0.4 is 0 Å². The molecule has 18 heavy (non-hydrogen) atoms. The van der Waals surface area contributed by atoms with Gasteiger partial charge in [0, 0.05) is 17.9 Å². The SMILES string of the molecule is CCc1nc2ccc(C(=O)C3CCCC3)cc2[nH]1. The van der Waals surface area contributed by atoms with E-state index in [9.17, 15) is 4.79 Å². The summed E-state index contributed by atoms with van der Waals surface area (Å²) in [5.74, 6) is 1.54. The number of imidazole rings is 1. The normalized spacial score (nSPS) is 16.5. The Labute approximate surface area is 107 Å². The number of carbonyl (C=O) groups is 1. The summed E-state index contributed by atoms with van der Waals surface area (Å²) < 4.78 is 0. The van der Waals surface area contributed by atoms with Gasteiger partial charge < -0.3 is 4.98 Å². The molecule has 3 rings (SSSR count). The fraction of sp³-hybridized carbons (Fsp3) is 0.467. The van der Waals surface area contributed by atoms with Crippen LogP contribution in [0.5, 0.6) is 0 Å². The van der Waals surface area contributed by atoms with E-state index in [1.165, 1.54) is 12.8 Å². The standard InChI is InChI=1S/C15H18N2O/c1-2-14-16-12-8-7-11(9-13(12)17-14)15(18)10-5-3-4-6-10/h7-10H,2-6H2,1H3,(H,16,17). The highest BCUT2D eigenvalue weighted by atomic mass is 16.1. The van der Waals surface area contributed by atoms with Gasteiger partial charge in [0.25, 0.3) is 0 Å². The summed E-state index contributed by atoms with van der Waals surface area (Å²) in [6.07, 6.45) is 5.39. The highest BCUT2D eigenvalue weighted by Crippen LogP contribution is 2.28. The van der Waals surface area contributed by atoms with Gasteiger partial charge in [0.2, 0.25) is 0 Å². The molecule has 0 atom stereocenters. The molecular weight excluding hydrogens is 224 g/mol. The third kappa shape index (κ3) is 1.94. The fourth-order valence-corrected chi connectivity index (χ4v) is 2.81. The third-order valence-corrected chi connectivity index (χ3v) is 3.88. The number of Topliss-reactive ketones (excluding diaryl/α,β-unsaturated/α-hetero) is 1. The van der Waals surface area contributed by atoms with Gasteiger partial charge in [0.15, 0.2) is 5.78 Å². The minimum absolute atomic E-state index is 0.246. The van der Waals surface area contributed by atoms with Crippen LogP contribution in [0.1, 0.15) is 48.8 Å². The predicted molar refractivity (Wildman–Crippen MR) is 71.8 cm³/mol. The predicted octanol–water partition coefficient (Wildman–Crippen LogP) is 3.50. The van der Waals surface area contributed by atoms with Gasteiger partial charge in [0.05, 0.1) is 11.0 Å². The first-order valence-electron chi connectivity index (χ1n) is 6.81. The molecule has 1 saturated carbocycles. The fourth-order valence-electron chi connectivity index (χ4n) is 2.81. The Morgan fingerprint density at radius 1 is 1.39 bits per heavy atom. The van der Waals surface area contributed by atoms with Crippen molar-refractivity contribution in [3.63, 3.8) is 0 Å². The molecule has 94 valence electrons. The third-order valence-electron chi connectivity index (χ3n) is 3.88. The quantitative estimate of drug-likeness (QED) is 0.837. The van der Waals surface area contributed by atoms with Crippen LogP contribution in [-0.4, -0.2) is 15.8 Å². The highest BCUT2D eigenvalue weighted by Gasteiger charge is 2.23. The number of aryl methyl sites for hydroxylation is 1. The van der Waals surface area contributed by atoms with Crippen molar-refractivity contribution in [1.82, 2.24) is 9.97 Å². The van der Waals surface area contributed by atoms with Gasteiger partial charge in [-0.15, -0.1) is 0 Å². The number of aromatic nitrogens is 2. The molecule has 2 aromatic rings. The molecule has 1 aromatic heterocycles. The minimum Gasteiger partial charge on any atom is -0.342 e. The summed E-state index contributed by atoms with van der Waals surface area (Å²) in [5.41, 5.74) is 2.77. The molecule has 3 heteroatoms. The number of nitrogens with one attached hydrogen (secondary N) is 1. The molecule has 3 nitrogen and oxygen atoms in total. The topological polar surface area (TPSA) is 45.8 Å². The second-order valence-corrected chi connectivity index (χ2v) is 5.11. The first kappa shape index (κ1) is 11.5. The molecule has 0 aliphatic heterocycles. The Morgan fingerprint density at radius 3 is 2.89 bits per heavy atom. The molecular formula is C15H18N2O. The van der Waals surface area contributed by atoms with E-state index < -0.39 is 0 Å². The zero-order chi connectivity index (χ0) is 12.5. The first-order chi connectivity index (χ1) is 8.78. The lowest BCUT2D eigenvalue weighted by Gasteiger charge is -2.07. The van der Waals surface area contributed by atoms with Gasteiger partial charge in [-0.05, 0) is 31.0 Å². The van der Waals surface area contributed by atoms with Crippen molar-refractivity contribution in [2.45, 2.75) is 39.0 Å². The minimum atomic E-state index is 0.246. The largest absolute Gasteiger partial charge is 0.342 e. The zero-order valence-corrected chi connectivity index (χ0v) is 10.7. The molecule has 0 amide bonds. The number of nitrogens with zero attached hydrogens (tertiary/aromatic N) is 1. The van der Waals surface area contributed by atoms with Crippen LogP contribution in [-0.2, 0) is 6.42 Å². The van der Waals surface area contributed by atoms with E-state index in [0.29, 0.717) is 5.78 Å². The van der Waals surface area contributed by atoms with E-state index in [4.69, 9.17) is 0 Å². The molecule has 0 spiro atoms. The van der Waals surface area contributed by atoms with Crippen molar-refractivity contribution in [2.75, 3.05) is 0 Å². The number of hydrogen-bond acceptors (Lipinski definition) is 2. The molecule has 1 aromatic carbocycles. The average molecular weight is 242 g/mol. The van der Waals surface area contributed by atoms with Crippen LogP contribution in [0.4, 0.5) is 0 Å². The number of carbonyl (C=O) groups excluding carboxylic acids is 1. The van der Waals surface area contributed by atoms with Crippen LogP contribution in [0.2, 0.25) is 0 Å². The summed E-state index contributed by atoms with van der Waals surface area (Å²) >= 11 is 0. The van der Waals surface area contributed by atoms with Crippen LogP contribution >= 0.6 is 0 Å².